The number of nitrogens with zero attached hydrogens (tertiary/aromatic N) is 1. The summed E-state index contributed by atoms with van der Waals surface area (Å²) in [7, 11) is 0. The molecule has 0 aliphatic carbocycles. The van der Waals surface area contributed by atoms with Gasteiger partial charge in [0.15, 0.2) is 5.69 Å². The van der Waals surface area contributed by atoms with Crippen molar-refractivity contribution in [1.29, 1.82) is 0 Å². The molecule has 0 fully saturated rings. The number of aryl methyl sites for hydroxylation is 1. The van der Waals surface area contributed by atoms with Crippen molar-refractivity contribution in [2.75, 3.05) is 6.61 Å². The molecule has 1 aliphatic rings. The Bertz CT molecular complexity index is 620. The lowest BCUT2D eigenvalue weighted by Gasteiger charge is -2.03. The van der Waals surface area contributed by atoms with Gasteiger partial charge in [0.25, 0.3) is 0 Å². The van der Waals surface area contributed by atoms with Crippen LogP contribution in [0.25, 0.3) is 0 Å². The first kappa shape index (κ1) is 11.2. The molecule has 2 aromatic rings. The second kappa shape index (κ2) is 4.10. The largest absolute Gasteiger partial charge is 0.492 e. The topological polar surface area (TPSA) is 59.4 Å². The van der Waals surface area contributed by atoms with E-state index < -0.39 is 5.97 Å². The van der Waals surface area contributed by atoms with E-state index in [9.17, 15) is 4.79 Å². The predicted molar refractivity (Wildman–Crippen MR) is 67.6 cm³/mol. The highest BCUT2D eigenvalue weighted by Gasteiger charge is 2.29. The van der Waals surface area contributed by atoms with E-state index in [1.807, 2.05) is 24.3 Å². The number of thiazole rings is 1. The number of carboxylic acids is 1. The molecule has 92 valence electrons. The lowest BCUT2D eigenvalue weighted by molar-refractivity contribution is 0.0690. The van der Waals surface area contributed by atoms with Crippen LogP contribution < -0.4 is 4.74 Å². The van der Waals surface area contributed by atoms with E-state index in [-0.39, 0.29) is 11.6 Å². The van der Waals surface area contributed by atoms with Crippen molar-refractivity contribution in [1.82, 2.24) is 4.98 Å². The number of fused-ring (bicyclic) bond motifs is 1. The molecule has 0 radical (unpaired) electrons. The highest BCUT2D eigenvalue weighted by atomic mass is 32.1. The average Bonchev–Trinajstić information content (AvgIpc) is 2.92. The molecule has 1 aromatic heterocycles. The Balaban J connectivity index is 2.03. The minimum absolute atomic E-state index is 0.0537. The van der Waals surface area contributed by atoms with Crippen LogP contribution >= 0.6 is 11.3 Å². The summed E-state index contributed by atoms with van der Waals surface area (Å²) in [6.45, 7) is 2.32. The van der Waals surface area contributed by atoms with Crippen molar-refractivity contribution >= 4 is 17.3 Å². The zero-order valence-corrected chi connectivity index (χ0v) is 10.5. The molecule has 18 heavy (non-hydrogen) atoms. The van der Waals surface area contributed by atoms with E-state index in [1.54, 1.807) is 6.92 Å². The number of rotatable bonds is 2. The van der Waals surface area contributed by atoms with Crippen LogP contribution in [0, 0.1) is 6.92 Å². The number of para-hydroxylation sites is 1. The first-order valence-electron chi connectivity index (χ1n) is 5.59. The smallest absolute Gasteiger partial charge is 0.355 e. The molecule has 5 heteroatoms. The summed E-state index contributed by atoms with van der Waals surface area (Å²) in [6.07, 6.45) is 0. The highest BCUT2D eigenvalue weighted by Crippen LogP contribution is 2.39. The fourth-order valence-electron chi connectivity index (χ4n) is 2.13. The molecular weight excluding hydrogens is 250 g/mol. The van der Waals surface area contributed by atoms with E-state index in [4.69, 9.17) is 9.84 Å². The second-order valence-electron chi connectivity index (χ2n) is 4.16. The van der Waals surface area contributed by atoms with Gasteiger partial charge in [0.2, 0.25) is 0 Å². The van der Waals surface area contributed by atoms with Crippen molar-refractivity contribution in [2.45, 2.75) is 12.8 Å². The first-order valence-corrected chi connectivity index (χ1v) is 6.41. The van der Waals surface area contributed by atoms with E-state index in [2.05, 4.69) is 4.98 Å². The van der Waals surface area contributed by atoms with Gasteiger partial charge in [-0.2, -0.15) is 0 Å². The van der Waals surface area contributed by atoms with Crippen LogP contribution in [0.2, 0.25) is 0 Å². The Morgan fingerprint density at radius 1 is 1.50 bits per heavy atom. The third-order valence-electron chi connectivity index (χ3n) is 3.01. The number of hydrogen-bond acceptors (Lipinski definition) is 4. The molecule has 0 saturated carbocycles. The first-order chi connectivity index (χ1) is 8.66. The Morgan fingerprint density at radius 3 is 3.00 bits per heavy atom. The number of ether oxygens (including phenoxy) is 1. The summed E-state index contributed by atoms with van der Waals surface area (Å²) in [4.78, 5) is 16.0. The predicted octanol–water partition coefficient (Wildman–Crippen LogP) is 2.67. The molecule has 3 rings (SSSR count). The van der Waals surface area contributed by atoms with Gasteiger partial charge >= 0.3 is 5.97 Å². The van der Waals surface area contributed by atoms with Gasteiger partial charge in [0.1, 0.15) is 17.4 Å². The van der Waals surface area contributed by atoms with Gasteiger partial charge in [-0.15, -0.1) is 11.3 Å². The van der Waals surface area contributed by atoms with Gasteiger partial charge in [-0.05, 0) is 13.0 Å². The van der Waals surface area contributed by atoms with E-state index in [1.165, 1.54) is 11.3 Å². The molecule has 1 aromatic carbocycles. The van der Waals surface area contributed by atoms with Gasteiger partial charge in [0.05, 0.1) is 5.92 Å². The van der Waals surface area contributed by atoms with E-state index >= 15 is 0 Å². The quantitative estimate of drug-likeness (QED) is 0.903. The number of aromatic nitrogens is 1. The summed E-state index contributed by atoms with van der Waals surface area (Å²) >= 11 is 1.43. The third kappa shape index (κ3) is 1.67. The minimum atomic E-state index is -0.970. The van der Waals surface area contributed by atoms with Gasteiger partial charge in [-0.1, -0.05) is 18.2 Å². The SMILES string of the molecule is Cc1sc(C2COc3ccccc32)nc1C(=O)O. The van der Waals surface area contributed by atoms with Gasteiger partial charge in [-0.3, -0.25) is 0 Å². The zero-order valence-electron chi connectivity index (χ0n) is 9.71. The van der Waals surface area contributed by atoms with Crippen molar-refractivity contribution < 1.29 is 14.6 Å². The fraction of sp³-hybridized carbons (Fsp3) is 0.231. The van der Waals surface area contributed by atoms with Crippen LogP contribution in [-0.2, 0) is 0 Å². The Hall–Kier alpha value is -1.88. The van der Waals surface area contributed by atoms with Gasteiger partial charge < -0.3 is 9.84 Å². The molecule has 4 nitrogen and oxygen atoms in total. The van der Waals surface area contributed by atoms with E-state index in [0.717, 1.165) is 21.2 Å². The lowest BCUT2D eigenvalue weighted by atomic mass is 10.0. The maximum Gasteiger partial charge on any atom is 0.355 e. The molecule has 0 bridgehead atoms. The van der Waals surface area contributed by atoms with Crippen LogP contribution in [0.5, 0.6) is 5.75 Å². The summed E-state index contributed by atoms with van der Waals surface area (Å²) in [6, 6.07) is 7.81. The van der Waals surface area contributed by atoms with Gasteiger partial charge in [-0.25, -0.2) is 9.78 Å². The Morgan fingerprint density at radius 2 is 2.28 bits per heavy atom. The zero-order chi connectivity index (χ0) is 12.7. The molecule has 1 unspecified atom stereocenters. The van der Waals surface area contributed by atoms with Crippen molar-refractivity contribution in [3.8, 4) is 5.75 Å². The summed E-state index contributed by atoms with van der Waals surface area (Å²) < 4.78 is 5.59. The molecule has 1 N–H and O–H groups in total. The van der Waals surface area contributed by atoms with Crippen molar-refractivity contribution in [3.05, 3.63) is 45.4 Å². The number of hydrogen-bond donors (Lipinski definition) is 1. The maximum absolute atomic E-state index is 11.0. The van der Waals surface area contributed by atoms with Crippen LogP contribution in [0.3, 0.4) is 0 Å². The minimum Gasteiger partial charge on any atom is -0.492 e. The molecular formula is C13H11NO3S. The Kier molecular flexibility index (Phi) is 2.56. The normalized spacial score (nSPS) is 17.3. The molecule has 0 amide bonds. The Labute approximate surface area is 108 Å². The van der Waals surface area contributed by atoms with Crippen molar-refractivity contribution in [3.63, 3.8) is 0 Å². The molecule has 0 spiro atoms. The second-order valence-corrected chi connectivity index (χ2v) is 5.40. The molecule has 2 heterocycles. The summed E-state index contributed by atoms with van der Waals surface area (Å²) in [5.41, 5.74) is 1.24. The number of carboxylic acid groups (broad SMARTS) is 1. The molecule has 1 aliphatic heterocycles. The number of aromatic carboxylic acids is 1. The third-order valence-corrected chi connectivity index (χ3v) is 4.10. The van der Waals surface area contributed by atoms with Crippen LogP contribution in [0.15, 0.2) is 24.3 Å². The average molecular weight is 261 g/mol. The molecule has 1 atom stereocenters. The maximum atomic E-state index is 11.0. The number of carbonyl (C=O) groups is 1. The van der Waals surface area contributed by atoms with E-state index in [0.29, 0.717) is 6.61 Å². The highest BCUT2D eigenvalue weighted by molar-refractivity contribution is 7.12. The van der Waals surface area contributed by atoms with Crippen LogP contribution in [0.4, 0.5) is 0 Å². The van der Waals surface area contributed by atoms with Crippen molar-refractivity contribution in [2.24, 2.45) is 0 Å². The monoisotopic (exact) mass is 261 g/mol. The van der Waals surface area contributed by atoms with Crippen LogP contribution in [-0.4, -0.2) is 22.7 Å². The summed E-state index contributed by atoms with van der Waals surface area (Å²) in [5.74, 6) is -0.0487. The number of benzene rings is 1. The van der Waals surface area contributed by atoms with Crippen LogP contribution in [0.1, 0.15) is 31.9 Å². The summed E-state index contributed by atoms with van der Waals surface area (Å²) in [5, 5.41) is 9.84. The molecule has 0 saturated heterocycles. The lowest BCUT2D eigenvalue weighted by Crippen LogP contribution is -2.04. The van der Waals surface area contributed by atoms with Gasteiger partial charge in [0, 0.05) is 10.4 Å². The fourth-order valence-corrected chi connectivity index (χ4v) is 3.15. The standard InChI is InChI=1S/C13H11NO3S/c1-7-11(13(15)16)14-12(18-7)9-6-17-10-5-3-2-4-8(9)10/h2-5,9H,6H2,1H3,(H,15,16).